The summed E-state index contributed by atoms with van der Waals surface area (Å²) in [5.41, 5.74) is 9.51. The molecule has 2 rings (SSSR count). The molecule has 2 aromatic carbocycles. The van der Waals surface area contributed by atoms with Crippen molar-refractivity contribution in [1.29, 1.82) is 0 Å². The number of hydrogen-bond donors (Lipinski definition) is 1. The summed E-state index contributed by atoms with van der Waals surface area (Å²) in [4.78, 5) is 0. The third-order valence-corrected chi connectivity index (χ3v) is 3.44. The van der Waals surface area contributed by atoms with E-state index in [-0.39, 0.29) is 6.04 Å². The molecule has 0 aliphatic heterocycles. The molecule has 3 nitrogen and oxygen atoms in total. The number of aryl methyl sites for hydroxylation is 2. The van der Waals surface area contributed by atoms with E-state index in [1.807, 2.05) is 63.2 Å². The van der Waals surface area contributed by atoms with Crippen LogP contribution in [0.4, 0.5) is 0 Å². The van der Waals surface area contributed by atoms with E-state index in [9.17, 15) is 0 Å². The summed E-state index contributed by atoms with van der Waals surface area (Å²) < 4.78 is 11.3. The molecule has 0 aromatic heterocycles. The number of rotatable bonds is 6. The lowest BCUT2D eigenvalue weighted by Crippen LogP contribution is -2.19. The minimum absolute atomic E-state index is 0.153. The van der Waals surface area contributed by atoms with Gasteiger partial charge in [-0.25, -0.2) is 0 Å². The van der Waals surface area contributed by atoms with Gasteiger partial charge in [0.25, 0.3) is 0 Å². The standard InChI is InChI=1S/C18H23NO2/c1-4-20-16-10-8-15(9-11-16)17(19)12-21-18-13(2)6-5-7-14(18)3/h5-11,17H,4,12,19H2,1-3H3. The highest BCUT2D eigenvalue weighted by Gasteiger charge is 2.09. The lowest BCUT2D eigenvalue weighted by atomic mass is 10.1. The molecule has 0 fully saturated rings. The molecule has 1 unspecified atom stereocenters. The quantitative estimate of drug-likeness (QED) is 0.878. The van der Waals surface area contributed by atoms with Gasteiger partial charge in [-0.15, -0.1) is 0 Å². The average molecular weight is 285 g/mol. The summed E-state index contributed by atoms with van der Waals surface area (Å²) in [6, 6.07) is 13.8. The highest BCUT2D eigenvalue weighted by Crippen LogP contribution is 2.24. The molecule has 0 amide bonds. The van der Waals surface area contributed by atoms with Gasteiger partial charge < -0.3 is 15.2 Å². The van der Waals surface area contributed by atoms with Crippen molar-refractivity contribution in [3.05, 3.63) is 59.2 Å². The van der Waals surface area contributed by atoms with Crippen molar-refractivity contribution >= 4 is 0 Å². The van der Waals surface area contributed by atoms with Gasteiger partial charge in [0.2, 0.25) is 0 Å². The molecule has 0 heterocycles. The van der Waals surface area contributed by atoms with Crippen molar-refractivity contribution in [2.75, 3.05) is 13.2 Å². The fourth-order valence-corrected chi connectivity index (χ4v) is 2.27. The van der Waals surface area contributed by atoms with Crippen LogP contribution in [0.15, 0.2) is 42.5 Å². The first kappa shape index (κ1) is 15.4. The predicted octanol–water partition coefficient (Wildman–Crippen LogP) is 3.78. The van der Waals surface area contributed by atoms with E-state index in [1.165, 1.54) is 0 Å². The Bertz CT molecular complexity index is 558. The van der Waals surface area contributed by atoms with Gasteiger partial charge in [0.05, 0.1) is 12.6 Å². The van der Waals surface area contributed by atoms with Crippen LogP contribution in [0.3, 0.4) is 0 Å². The molecule has 2 N–H and O–H groups in total. The normalized spacial score (nSPS) is 12.0. The van der Waals surface area contributed by atoms with Crippen LogP contribution in [0.1, 0.15) is 29.7 Å². The molecule has 1 atom stereocenters. The predicted molar refractivity (Wildman–Crippen MR) is 86.0 cm³/mol. The smallest absolute Gasteiger partial charge is 0.125 e. The van der Waals surface area contributed by atoms with E-state index in [4.69, 9.17) is 15.2 Å². The molecule has 0 aliphatic rings. The Balaban J connectivity index is 1.99. The van der Waals surface area contributed by atoms with Crippen LogP contribution in [0, 0.1) is 13.8 Å². The van der Waals surface area contributed by atoms with Gasteiger partial charge in [0.15, 0.2) is 0 Å². The highest BCUT2D eigenvalue weighted by molar-refractivity contribution is 5.39. The van der Waals surface area contributed by atoms with Gasteiger partial charge in [0, 0.05) is 0 Å². The van der Waals surface area contributed by atoms with Gasteiger partial charge >= 0.3 is 0 Å². The molecule has 0 bridgehead atoms. The Hall–Kier alpha value is -2.00. The van der Waals surface area contributed by atoms with E-state index in [0.717, 1.165) is 28.2 Å². The molecule has 0 saturated heterocycles. The zero-order chi connectivity index (χ0) is 15.2. The zero-order valence-electron chi connectivity index (χ0n) is 12.9. The molecule has 0 spiro atoms. The molecule has 3 heteroatoms. The summed E-state index contributed by atoms with van der Waals surface area (Å²) in [5, 5.41) is 0. The van der Waals surface area contributed by atoms with Crippen LogP contribution < -0.4 is 15.2 Å². The van der Waals surface area contributed by atoms with Crippen LogP contribution in [0.5, 0.6) is 11.5 Å². The Morgan fingerprint density at radius 2 is 1.57 bits per heavy atom. The lowest BCUT2D eigenvalue weighted by molar-refractivity contribution is 0.287. The summed E-state index contributed by atoms with van der Waals surface area (Å²) in [6.07, 6.45) is 0. The average Bonchev–Trinajstić information content (AvgIpc) is 2.47. The first-order chi connectivity index (χ1) is 10.1. The van der Waals surface area contributed by atoms with Gasteiger partial charge in [0.1, 0.15) is 18.1 Å². The van der Waals surface area contributed by atoms with Gasteiger partial charge in [-0.3, -0.25) is 0 Å². The molecule has 0 saturated carbocycles. The zero-order valence-corrected chi connectivity index (χ0v) is 12.9. The van der Waals surface area contributed by atoms with Crippen LogP contribution in [-0.4, -0.2) is 13.2 Å². The largest absolute Gasteiger partial charge is 0.494 e. The molecular weight excluding hydrogens is 262 g/mol. The van der Waals surface area contributed by atoms with E-state index >= 15 is 0 Å². The molecular formula is C18H23NO2. The van der Waals surface area contributed by atoms with E-state index in [1.54, 1.807) is 0 Å². The van der Waals surface area contributed by atoms with Crippen LogP contribution in [0.2, 0.25) is 0 Å². The highest BCUT2D eigenvalue weighted by atomic mass is 16.5. The van der Waals surface area contributed by atoms with E-state index in [2.05, 4.69) is 0 Å². The fourth-order valence-electron chi connectivity index (χ4n) is 2.27. The Kier molecular flexibility index (Phi) is 5.23. The first-order valence-electron chi connectivity index (χ1n) is 7.29. The third kappa shape index (κ3) is 3.99. The second-order valence-corrected chi connectivity index (χ2v) is 5.14. The van der Waals surface area contributed by atoms with Crippen molar-refractivity contribution < 1.29 is 9.47 Å². The Labute approximate surface area is 126 Å². The summed E-state index contributed by atoms with van der Waals surface area (Å²) in [7, 11) is 0. The maximum atomic E-state index is 6.20. The third-order valence-electron chi connectivity index (χ3n) is 3.44. The van der Waals surface area contributed by atoms with Crippen molar-refractivity contribution in [2.45, 2.75) is 26.8 Å². The SMILES string of the molecule is CCOc1ccc(C(N)COc2c(C)cccc2C)cc1. The first-order valence-corrected chi connectivity index (χ1v) is 7.29. The van der Waals surface area contributed by atoms with Gasteiger partial charge in [-0.1, -0.05) is 30.3 Å². The maximum absolute atomic E-state index is 6.20. The fraction of sp³-hybridized carbons (Fsp3) is 0.333. The van der Waals surface area contributed by atoms with Crippen molar-refractivity contribution in [3.63, 3.8) is 0 Å². The Morgan fingerprint density at radius 3 is 2.14 bits per heavy atom. The van der Waals surface area contributed by atoms with E-state index < -0.39 is 0 Å². The monoisotopic (exact) mass is 285 g/mol. The van der Waals surface area contributed by atoms with E-state index in [0.29, 0.717) is 13.2 Å². The van der Waals surface area contributed by atoms with Crippen LogP contribution >= 0.6 is 0 Å². The topological polar surface area (TPSA) is 44.5 Å². The number of ether oxygens (including phenoxy) is 2. The summed E-state index contributed by atoms with van der Waals surface area (Å²) in [5.74, 6) is 1.79. The number of nitrogens with two attached hydrogens (primary N) is 1. The van der Waals surface area contributed by atoms with Gasteiger partial charge in [-0.05, 0) is 49.6 Å². The minimum Gasteiger partial charge on any atom is -0.494 e. The maximum Gasteiger partial charge on any atom is 0.125 e. The summed E-state index contributed by atoms with van der Waals surface area (Å²) in [6.45, 7) is 7.19. The second kappa shape index (κ2) is 7.14. The van der Waals surface area contributed by atoms with Gasteiger partial charge in [-0.2, -0.15) is 0 Å². The lowest BCUT2D eigenvalue weighted by Gasteiger charge is -2.17. The number of hydrogen-bond acceptors (Lipinski definition) is 3. The summed E-state index contributed by atoms with van der Waals surface area (Å²) >= 11 is 0. The molecule has 0 radical (unpaired) electrons. The second-order valence-electron chi connectivity index (χ2n) is 5.14. The van der Waals surface area contributed by atoms with Crippen LogP contribution in [0.25, 0.3) is 0 Å². The number of para-hydroxylation sites is 1. The molecule has 21 heavy (non-hydrogen) atoms. The van der Waals surface area contributed by atoms with Crippen molar-refractivity contribution in [3.8, 4) is 11.5 Å². The number of benzene rings is 2. The molecule has 112 valence electrons. The van der Waals surface area contributed by atoms with Crippen LogP contribution in [-0.2, 0) is 0 Å². The van der Waals surface area contributed by atoms with Crippen molar-refractivity contribution in [1.82, 2.24) is 0 Å². The molecule has 2 aromatic rings. The van der Waals surface area contributed by atoms with Crippen molar-refractivity contribution in [2.24, 2.45) is 5.73 Å². The Morgan fingerprint density at radius 1 is 0.952 bits per heavy atom. The molecule has 0 aliphatic carbocycles. The minimum atomic E-state index is -0.153.